The van der Waals surface area contributed by atoms with Gasteiger partial charge in [-0.3, -0.25) is 4.31 Å². The van der Waals surface area contributed by atoms with Crippen LogP contribution in [0, 0.1) is 0 Å². The third-order valence-corrected chi connectivity index (χ3v) is 3.98. The van der Waals surface area contributed by atoms with Gasteiger partial charge in [0, 0.05) is 18.1 Å². The topological polar surface area (TPSA) is 20.3 Å². The summed E-state index contributed by atoms with van der Waals surface area (Å²) >= 11 is 3.16. The Kier molecular flexibility index (Phi) is 3.51. The Morgan fingerprint density at radius 2 is 2.55 bits per heavy atom. The van der Waals surface area contributed by atoms with Gasteiger partial charge in [0.1, 0.15) is 0 Å². The van der Waals surface area contributed by atoms with Crippen LogP contribution in [0.4, 0.5) is 9.18 Å². The zero-order valence-electron chi connectivity index (χ0n) is 6.25. The summed E-state index contributed by atoms with van der Waals surface area (Å²) in [7, 11) is 1.47. The summed E-state index contributed by atoms with van der Waals surface area (Å²) in [5.74, 6) is 2.16. The van der Waals surface area contributed by atoms with E-state index in [9.17, 15) is 9.18 Å². The summed E-state index contributed by atoms with van der Waals surface area (Å²) in [6.45, 7) is 0. The van der Waals surface area contributed by atoms with Gasteiger partial charge in [0.15, 0.2) is 0 Å². The van der Waals surface area contributed by atoms with Crippen molar-refractivity contribution < 1.29 is 9.18 Å². The number of thioether (sulfide) groups is 1. The van der Waals surface area contributed by atoms with Crippen molar-refractivity contribution in [2.45, 2.75) is 11.7 Å². The van der Waals surface area contributed by atoms with Gasteiger partial charge in [-0.05, 0) is 24.1 Å². The lowest BCUT2D eigenvalue weighted by Crippen LogP contribution is -2.17. The largest absolute Gasteiger partial charge is 0.409 e. The second kappa shape index (κ2) is 4.21. The fraction of sp³-hybridized carbons (Fsp3) is 0.833. The molecule has 5 heteroatoms. The first-order chi connectivity index (χ1) is 5.20. The highest BCUT2D eigenvalue weighted by atomic mass is 32.2. The minimum atomic E-state index is -1.35. The molecule has 0 radical (unpaired) electrons. The van der Waals surface area contributed by atoms with Crippen molar-refractivity contribution in [3.05, 3.63) is 0 Å². The summed E-state index contributed by atoms with van der Waals surface area (Å²) in [5.41, 5.74) is 0. The summed E-state index contributed by atoms with van der Waals surface area (Å²) in [6, 6.07) is 0. The van der Waals surface area contributed by atoms with E-state index >= 15 is 0 Å². The highest BCUT2D eigenvalue weighted by Crippen LogP contribution is 2.29. The number of halogens is 1. The molecule has 0 aromatic heterocycles. The molecular formula is C6H10FNOS2. The molecule has 1 unspecified atom stereocenters. The van der Waals surface area contributed by atoms with E-state index in [1.165, 1.54) is 19.0 Å². The molecule has 1 aliphatic heterocycles. The monoisotopic (exact) mass is 195 g/mol. The van der Waals surface area contributed by atoms with Gasteiger partial charge in [-0.1, -0.05) is 0 Å². The van der Waals surface area contributed by atoms with E-state index in [1.807, 2.05) is 11.8 Å². The number of carbonyl (C=O) groups is 1. The maximum Gasteiger partial charge on any atom is 0.409 e. The first-order valence-electron chi connectivity index (χ1n) is 3.38. The summed E-state index contributed by atoms with van der Waals surface area (Å²) in [4.78, 5) is 10.2. The number of hydrogen-bond acceptors (Lipinski definition) is 3. The maximum absolute atomic E-state index is 12.0. The van der Waals surface area contributed by atoms with E-state index < -0.39 is 6.16 Å². The third-order valence-electron chi connectivity index (χ3n) is 1.44. The Balaban J connectivity index is 2.23. The van der Waals surface area contributed by atoms with Crippen molar-refractivity contribution in [2.24, 2.45) is 0 Å². The summed E-state index contributed by atoms with van der Waals surface area (Å²) in [6.07, 6.45) is -0.278. The van der Waals surface area contributed by atoms with Gasteiger partial charge >= 0.3 is 6.16 Å². The van der Waals surface area contributed by atoms with E-state index in [2.05, 4.69) is 0 Å². The Morgan fingerprint density at radius 3 is 3.00 bits per heavy atom. The second-order valence-corrected chi connectivity index (χ2v) is 4.92. The van der Waals surface area contributed by atoms with Crippen molar-refractivity contribution in [3.63, 3.8) is 0 Å². The third kappa shape index (κ3) is 2.91. The molecule has 0 aromatic carbocycles. The molecule has 1 fully saturated rings. The van der Waals surface area contributed by atoms with Gasteiger partial charge in [0.05, 0.1) is 0 Å². The van der Waals surface area contributed by atoms with Gasteiger partial charge in [-0.15, -0.1) is 4.39 Å². The van der Waals surface area contributed by atoms with E-state index in [0.29, 0.717) is 5.25 Å². The Labute approximate surface area is 74.0 Å². The number of rotatable bonds is 2. The van der Waals surface area contributed by atoms with Crippen LogP contribution < -0.4 is 0 Å². The van der Waals surface area contributed by atoms with Crippen LogP contribution in [0.1, 0.15) is 6.42 Å². The molecule has 1 saturated heterocycles. The molecule has 11 heavy (non-hydrogen) atoms. The lowest BCUT2D eigenvalue weighted by Gasteiger charge is -2.14. The fourth-order valence-electron chi connectivity index (χ4n) is 0.861. The van der Waals surface area contributed by atoms with Crippen LogP contribution in [0.2, 0.25) is 0 Å². The van der Waals surface area contributed by atoms with Crippen LogP contribution in [-0.2, 0) is 0 Å². The molecule has 0 bridgehead atoms. The fourth-order valence-corrected chi connectivity index (χ4v) is 3.34. The number of amides is 1. The first kappa shape index (κ1) is 9.19. The molecule has 0 aliphatic carbocycles. The van der Waals surface area contributed by atoms with Crippen molar-refractivity contribution in [3.8, 4) is 0 Å². The van der Waals surface area contributed by atoms with Crippen LogP contribution in [0.5, 0.6) is 0 Å². The predicted octanol–water partition coefficient (Wildman–Crippen LogP) is 2.16. The van der Waals surface area contributed by atoms with Crippen LogP contribution >= 0.6 is 23.7 Å². The summed E-state index contributed by atoms with van der Waals surface area (Å²) < 4.78 is 13.1. The maximum atomic E-state index is 12.0. The molecule has 0 spiro atoms. The predicted molar refractivity (Wildman–Crippen MR) is 47.6 cm³/mol. The molecule has 1 rings (SSSR count). The molecule has 1 aliphatic rings. The standard InChI is InChI=1S/C6H10FNOS2/c1-8(6(7)9)11-5-2-3-10-4-5/h5H,2-4H2,1H3. The van der Waals surface area contributed by atoms with Crippen LogP contribution in [0.25, 0.3) is 0 Å². The van der Waals surface area contributed by atoms with E-state index in [4.69, 9.17) is 0 Å². The highest BCUT2D eigenvalue weighted by molar-refractivity contribution is 8.03. The SMILES string of the molecule is CN(SC1CCSC1)C(=O)F. The van der Waals surface area contributed by atoms with Crippen molar-refractivity contribution in [1.82, 2.24) is 4.31 Å². The van der Waals surface area contributed by atoms with Gasteiger partial charge in [0.25, 0.3) is 0 Å². The molecular weight excluding hydrogens is 185 g/mol. The average molecular weight is 195 g/mol. The van der Waals surface area contributed by atoms with Gasteiger partial charge in [-0.2, -0.15) is 11.8 Å². The van der Waals surface area contributed by atoms with E-state index in [1.54, 1.807) is 0 Å². The molecule has 2 nitrogen and oxygen atoms in total. The number of carbonyl (C=O) groups excluding carboxylic acids is 1. The Bertz CT molecular complexity index is 150. The lowest BCUT2D eigenvalue weighted by atomic mass is 10.4. The lowest BCUT2D eigenvalue weighted by molar-refractivity contribution is 0.209. The molecule has 1 amide bonds. The second-order valence-electron chi connectivity index (χ2n) is 2.34. The quantitative estimate of drug-likeness (QED) is 0.382. The minimum absolute atomic E-state index is 0.421. The summed E-state index contributed by atoms with van der Waals surface area (Å²) in [5, 5.41) is 0.421. The molecule has 0 N–H and O–H groups in total. The van der Waals surface area contributed by atoms with Gasteiger partial charge < -0.3 is 0 Å². The van der Waals surface area contributed by atoms with Crippen LogP contribution in [0.3, 0.4) is 0 Å². The van der Waals surface area contributed by atoms with Crippen molar-refractivity contribution in [2.75, 3.05) is 18.6 Å². The Morgan fingerprint density at radius 1 is 1.82 bits per heavy atom. The van der Waals surface area contributed by atoms with Gasteiger partial charge in [0.2, 0.25) is 0 Å². The van der Waals surface area contributed by atoms with Crippen molar-refractivity contribution in [1.29, 1.82) is 0 Å². The highest BCUT2D eigenvalue weighted by Gasteiger charge is 2.20. The molecule has 64 valence electrons. The number of hydrogen-bond donors (Lipinski definition) is 0. The molecule has 1 atom stereocenters. The molecule has 0 aromatic rings. The smallest absolute Gasteiger partial charge is 0.261 e. The van der Waals surface area contributed by atoms with Gasteiger partial charge in [-0.25, -0.2) is 4.79 Å². The zero-order chi connectivity index (χ0) is 8.27. The number of nitrogens with zero attached hydrogens (tertiary/aromatic N) is 1. The normalized spacial score (nSPS) is 23.6. The van der Waals surface area contributed by atoms with Crippen molar-refractivity contribution >= 4 is 29.9 Å². The molecule has 0 saturated carbocycles. The Hall–Kier alpha value is 0.1000. The van der Waals surface area contributed by atoms with E-state index in [0.717, 1.165) is 22.2 Å². The minimum Gasteiger partial charge on any atom is -0.261 e. The van der Waals surface area contributed by atoms with Crippen LogP contribution in [-0.4, -0.2) is 34.3 Å². The first-order valence-corrected chi connectivity index (χ1v) is 5.37. The molecule has 1 heterocycles. The van der Waals surface area contributed by atoms with Crippen LogP contribution in [0.15, 0.2) is 0 Å². The zero-order valence-corrected chi connectivity index (χ0v) is 7.88. The average Bonchev–Trinajstić information content (AvgIpc) is 2.39. The van der Waals surface area contributed by atoms with E-state index in [-0.39, 0.29) is 0 Å².